The van der Waals surface area contributed by atoms with Crippen molar-refractivity contribution in [3.05, 3.63) is 24.2 Å². The molecule has 0 radical (unpaired) electrons. The SMILES string of the molecule is CCCCC(CC)COCCNC(C)c1ccco1. The van der Waals surface area contributed by atoms with Crippen molar-refractivity contribution >= 4 is 0 Å². The summed E-state index contributed by atoms with van der Waals surface area (Å²) in [6.07, 6.45) is 6.82. The first-order valence-electron chi connectivity index (χ1n) is 7.62. The van der Waals surface area contributed by atoms with Crippen LogP contribution < -0.4 is 5.32 Å². The lowest BCUT2D eigenvalue weighted by Gasteiger charge is -2.16. The van der Waals surface area contributed by atoms with Crippen molar-refractivity contribution in [2.45, 2.75) is 52.5 Å². The van der Waals surface area contributed by atoms with Gasteiger partial charge in [-0.1, -0.05) is 33.1 Å². The fourth-order valence-electron chi connectivity index (χ4n) is 2.13. The Morgan fingerprint density at radius 1 is 1.37 bits per heavy atom. The van der Waals surface area contributed by atoms with Gasteiger partial charge in [0.25, 0.3) is 0 Å². The standard InChI is InChI=1S/C16H29NO2/c1-4-6-8-15(5-2)13-18-12-10-17-14(3)16-9-7-11-19-16/h7,9,11,14-15,17H,4-6,8,10,12-13H2,1-3H3. The second-order valence-electron chi connectivity index (χ2n) is 5.18. The molecule has 1 N–H and O–H groups in total. The van der Waals surface area contributed by atoms with Gasteiger partial charge in [-0.2, -0.15) is 0 Å². The molecule has 19 heavy (non-hydrogen) atoms. The molecule has 3 nitrogen and oxygen atoms in total. The molecule has 0 spiro atoms. The van der Waals surface area contributed by atoms with Gasteiger partial charge in [-0.05, 0) is 31.4 Å². The minimum absolute atomic E-state index is 0.251. The van der Waals surface area contributed by atoms with E-state index in [-0.39, 0.29) is 6.04 Å². The van der Waals surface area contributed by atoms with Crippen molar-refractivity contribution < 1.29 is 9.15 Å². The van der Waals surface area contributed by atoms with E-state index >= 15 is 0 Å². The molecule has 1 heterocycles. The highest BCUT2D eigenvalue weighted by atomic mass is 16.5. The van der Waals surface area contributed by atoms with Gasteiger partial charge in [0, 0.05) is 13.2 Å². The fraction of sp³-hybridized carbons (Fsp3) is 0.750. The maximum absolute atomic E-state index is 5.76. The van der Waals surface area contributed by atoms with Crippen LogP contribution in [0.4, 0.5) is 0 Å². The minimum Gasteiger partial charge on any atom is -0.468 e. The average molecular weight is 267 g/mol. The maximum Gasteiger partial charge on any atom is 0.120 e. The van der Waals surface area contributed by atoms with Crippen LogP contribution in [0.25, 0.3) is 0 Å². The van der Waals surface area contributed by atoms with Gasteiger partial charge >= 0.3 is 0 Å². The van der Waals surface area contributed by atoms with Gasteiger partial charge in [-0.3, -0.25) is 0 Å². The molecule has 110 valence electrons. The number of hydrogen-bond acceptors (Lipinski definition) is 3. The molecule has 0 fully saturated rings. The van der Waals surface area contributed by atoms with Crippen molar-refractivity contribution in [1.82, 2.24) is 5.32 Å². The van der Waals surface area contributed by atoms with Crippen molar-refractivity contribution in [2.75, 3.05) is 19.8 Å². The first-order chi connectivity index (χ1) is 9.27. The molecule has 0 aliphatic carbocycles. The van der Waals surface area contributed by atoms with Gasteiger partial charge in [0.1, 0.15) is 5.76 Å². The van der Waals surface area contributed by atoms with Crippen LogP contribution in [0, 0.1) is 5.92 Å². The second kappa shape index (κ2) is 10.0. The van der Waals surface area contributed by atoms with Gasteiger partial charge in [0.15, 0.2) is 0 Å². The summed E-state index contributed by atoms with van der Waals surface area (Å²) in [5, 5.41) is 3.40. The summed E-state index contributed by atoms with van der Waals surface area (Å²) in [5.41, 5.74) is 0. The lowest BCUT2D eigenvalue weighted by Crippen LogP contribution is -2.24. The Hall–Kier alpha value is -0.800. The Morgan fingerprint density at radius 2 is 2.21 bits per heavy atom. The summed E-state index contributed by atoms with van der Waals surface area (Å²) in [7, 11) is 0. The average Bonchev–Trinajstić information content (AvgIpc) is 2.95. The van der Waals surface area contributed by atoms with Crippen molar-refractivity contribution in [3.63, 3.8) is 0 Å². The van der Waals surface area contributed by atoms with Crippen LogP contribution in [-0.2, 0) is 4.74 Å². The van der Waals surface area contributed by atoms with E-state index in [1.54, 1.807) is 6.26 Å². The van der Waals surface area contributed by atoms with E-state index in [1.165, 1.54) is 25.7 Å². The third kappa shape index (κ3) is 6.79. The maximum atomic E-state index is 5.76. The lowest BCUT2D eigenvalue weighted by molar-refractivity contribution is 0.0941. The van der Waals surface area contributed by atoms with E-state index in [9.17, 15) is 0 Å². The van der Waals surface area contributed by atoms with Gasteiger partial charge < -0.3 is 14.5 Å². The monoisotopic (exact) mass is 267 g/mol. The van der Waals surface area contributed by atoms with Crippen molar-refractivity contribution in [3.8, 4) is 0 Å². The summed E-state index contributed by atoms with van der Waals surface area (Å²) < 4.78 is 11.1. The highest BCUT2D eigenvalue weighted by Gasteiger charge is 2.08. The van der Waals surface area contributed by atoms with Crippen LogP contribution in [0.15, 0.2) is 22.8 Å². The topological polar surface area (TPSA) is 34.4 Å². The number of hydrogen-bond donors (Lipinski definition) is 1. The molecule has 0 amide bonds. The van der Waals surface area contributed by atoms with Crippen LogP contribution in [-0.4, -0.2) is 19.8 Å². The largest absolute Gasteiger partial charge is 0.468 e. The van der Waals surface area contributed by atoms with E-state index in [2.05, 4.69) is 26.1 Å². The van der Waals surface area contributed by atoms with E-state index in [0.29, 0.717) is 0 Å². The predicted octanol–water partition coefficient (Wildman–Crippen LogP) is 4.16. The van der Waals surface area contributed by atoms with Gasteiger partial charge in [-0.25, -0.2) is 0 Å². The quantitative estimate of drug-likeness (QED) is 0.611. The second-order valence-corrected chi connectivity index (χ2v) is 5.18. The lowest BCUT2D eigenvalue weighted by atomic mass is 10.0. The number of ether oxygens (including phenoxy) is 1. The molecule has 1 rings (SSSR count). The Morgan fingerprint density at radius 3 is 2.84 bits per heavy atom. The molecule has 2 unspecified atom stereocenters. The Bertz CT molecular complexity index is 298. The van der Waals surface area contributed by atoms with E-state index in [1.807, 2.05) is 12.1 Å². The van der Waals surface area contributed by atoms with Crippen LogP contribution >= 0.6 is 0 Å². The van der Waals surface area contributed by atoms with Crippen LogP contribution in [0.3, 0.4) is 0 Å². The highest BCUT2D eigenvalue weighted by molar-refractivity contribution is 5.02. The molecule has 1 aromatic rings. The summed E-state index contributed by atoms with van der Waals surface area (Å²) in [6.45, 7) is 9.14. The van der Waals surface area contributed by atoms with Crippen LogP contribution in [0.2, 0.25) is 0 Å². The zero-order valence-corrected chi connectivity index (χ0v) is 12.7. The molecule has 2 atom stereocenters. The zero-order chi connectivity index (χ0) is 13.9. The first kappa shape index (κ1) is 16.3. The summed E-state index contributed by atoms with van der Waals surface area (Å²) in [6, 6.07) is 4.17. The first-order valence-corrected chi connectivity index (χ1v) is 7.62. The number of rotatable bonds is 11. The molecule has 0 aromatic carbocycles. The minimum atomic E-state index is 0.251. The smallest absolute Gasteiger partial charge is 0.120 e. The predicted molar refractivity (Wildman–Crippen MR) is 79.3 cm³/mol. The molecule has 0 saturated heterocycles. The number of unbranched alkanes of at least 4 members (excludes halogenated alkanes) is 1. The van der Waals surface area contributed by atoms with Crippen LogP contribution in [0.1, 0.15) is 58.3 Å². The molecule has 0 aliphatic rings. The van der Waals surface area contributed by atoms with Gasteiger partial charge in [0.05, 0.1) is 18.9 Å². The Labute approximate surface area is 117 Å². The van der Waals surface area contributed by atoms with E-state index < -0.39 is 0 Å². The third-order valence-electron chi connectivity index (χ3n) is 3.56. The molecule has 0 saturated carbocycles. The van der Waals surface area contributed by atoms with Crippen molar-refractivity contribution in [1.29, 1.82) is 0 Å². The molecule has 0 bridgehead atoms. The summed E-state index contributed by atoms with van der Waals surface area (Å²) in [4.78, 5) is 0. The molecule has 1 aromatic heterocycles. The third-order valence-corrected chi connectivity index (χ3v) is 3.56. The Kier molecular flexibility index (Phi) is 8.59. The Balaban J connectivity index is 2.04. The van der Waals surface area contributed by atoms with E-state index in [0.717, 1.165) is 31.4 Å². The summed E-state index contributed by atoms with van der Waals surface area (Å²) >= 11 is 0. The van der Waals surface area contributed by atoms with Gasteiger partial charge in [0.2, 0.25) is 0 Å². The zero-order valence-electron chi connectivity index (χ0n) is 12.7. The summed E-state index contributed by atoms with van der Waals surface area (Å²) in [5.74, 6) is 1.71. The molecular weight excluding hydrogens is 238 g/mol. The van der Waals surface area contributed by atoms with Gasteiger partial charge in [-0.15, -0.1) is 0 Å². The normalized spacial score (nSPS) is 14.5. The van der Waals surface area contributed by atoms with E-state index in [4.69, 9.17) is 9.15 Å². The number of furan rings is 1. The molecular formula is C16H29NO2. The fourth-order valence-corrected chi connectivity index (χ4v) is 2.13. The molecule has 3 heteroatoms. The molecule has 0 aliphatic heterocycles. The number of nitrogens with one attached hydrogen (secondary N) is 1. The van der Waals surface area contributed by atoms with Crippen molar-refractivity contribution in [2.24, 2.45) is 5.92 Å². The highest BCUT2D eigenvalue weighted by Crippen LogP contribution is 2.13. The van der Waals surface area contributed by atoms with Crippen LogP contribution in [0.5, 0.6) is 0 Å².